The highest BCUT2D eigenvalue weighted by molar-refractivity contribution is 7.10. The summed E-state index contributed by atoms with van der Waals surface area (Å²) in [5.74, 6) is 1.72. The molecule has 1 aliphatic carbocycles. The second kappa shape index (κ2) is 6.71. The second-order valence-electron chi connectivity index (χ2n) is 5.66. The van der Waals surface area contributed by atoms with Gasteiger partial charge in [0.2, 0.25) is 0 Å². The minimum Gasteiger partial charge on any atom is -0.313 e. The van der Waals surface area contributed by atoms with Crippen LogP contribution >= 0.6 is 11.3 Å². The highest BCUT2D eigenvalue weighted by Crippen LogP contribution is 2.37. The van der Waals surface area contributed by atoms with Gasteiger partial charge < -0.3 is 5.32 Å². The van der Waals surface area contributed by atoms with E-state index in [9.17, 15) is 0 Å². The van der Waals surface area contributed by atoms with Crippen molar-refractivity contribution in [2.24, 2.45) is 0 Å². The van der Waals surface area contributed by atoms with E-state index in [-0.39, 0.29) is 0 Å². The Morgan fingerprint density at radius 2 is 2.38 bits per heavy atom. The Kier molecular flexibility index (Phi) is 4.70. The Morgan fingerprint density at radius 1 is 1.48 bits per heavy atom. The van der Waals surface area contributed by atoms with Crippen LogP contribution in [-0.4, -0.2) is 27.4 Å². The number of hydrogen-bond donors (Lipinski definition) is 1. The van der Waals surface area contributed by atoms with Gasteiger partial charge in [-0.1, -0.05) is 6.92 Å². The van der Waals surface area contributed by atoms with Crippen LogP contribution in [-0.2, 0) is 19.4 Å². The van der Waals surface area contributed by atoms with Crippen LogP contribution in [0.3, 0.4) is 0 Å². The SMILES string of the molecule is CCNC(Cc1ncnn1CC)C1CCCc2sccc21. The maximum absolute atomic E-state index is 4.46. The fourth-order valence-electron chi connectivity index (χ4n) is 3.47. The molecule has 0 aliphatic heterocycles. The van der Waals surface area contributed by atoms with Crippen LogP contribution in [0.15, 0.2) is 17.8 Å². The predicted octanol–water partition coefficient (Wildman–Crippen LogP) is 3.00. The number of nitrogens with zero attached hydrogens (tertiary/aromatic N) is 3. The number of hydrogen-bond acceptors (Lipinski definition) is 4. The molecule has 4 nitrogen and oxygen atoms in total. The van der Waals surface area contributed by atoms with E-state index in [1.54, 1.807) is 16.8 Å². The van der Waals surface area contributed by atoms with E-state index in [1.165, 1.54) is 19.3 Å². The molecule has 0 bridgehead atoms. The number of fused-ring (bicyclic) bond motifs is 1. The molecule has 114 valence electrons. The van der Waals surface area contributed by atoms with Gasteiger partial charge in [-0.05, 0) is 49.7 Å². The van der Waals surface area contributed by atoms with E-state index in [1.807, 2.05) is 16.0 Å². The molecule has 2 atom stereocenters. The van der Waals surface area contributed by atoms with Crippen LogP contribution in [0.4, 0.5) is 0 Å². The van der Waals surface area contributed by atoms with E-state index in [0.29, 0.717) is 12.0 Å². The lowest BCUT2D eigenvalue weighted by molar-refractivity contribution is 0.386. The molecule has 0 aromatic carbocycles. The largest absolute Gasteiger partial charge is 0.313 e. The van der Waals surface area contributed by atoms with Gasteiger partial charge in [0, 0.05) is 29.8 Å². The summed E-state index contributed by atoms with van der Waals surface area (Å²) < 4.78 is 2.02. The Morgan fingerprint density at radius 3 is 3.19 bits per heavy atom. The van der Waals surface area contributed by atoms with Crippen LogP contribution in [0.25, 0.3) is 0 Å². The molecule has 2 aromatic heterocycles. The summed E-state index contributed by atoms with van der Waals surface area (Å²) in [7, 11) is 0. The van der Waals surface area contributed by atoms with E-state index < -0.39 is 0 Å². The van der Waals surface area contributed by atoms with Crippen molar-refractivity contribution in [3.63, 3.8) is 0 Å². The summed E-state index contributed by atoms with van der Waals surface area (Å²) in [5.41, 5.74) is 1.57. The molecule has 1 N–H and O–H groups in total. The summed E-state index contributed by atoms with van der Waals surface area (Å²) in [4.78, 5) is 6.05. The summed E-state index contributed by atoms with van der Waals surface area (Å²) >= 11 is 1.92. The van der Waals surface area contributed by atoms with E-state index in [2.05, 4.69) is 40.7 Å². The molecular formula is C16H24N4S. The zero-order valence-corrected chi connectivity index (χ0v) is 13.7. The van der Waals surface area contributed by atoms with Gasteiger partial charge in [-0.3, -0.25) is 4.68 Å². The van der Waals surface area contributed by atoms with Gasteiger partial charge in [0.25, 0.3) is 0 Å². The molecule has 2 heterocycles. The summed E-state index contributed by atoms with van der Waals surface area (Å²) in [5, 5.41) is 10.3. The molecular weight excluding hydrogens is 280 g/mol. The monoisotopic (exact) mass is 304 g/mol. The first-order valence-electron chi connectivity index (χ1n) is 7.99. The Labute approximate surface area is 130 Å². The number of aromatic nitrogens is 3. The van der Waals surface area contributed by atoms with Crippen molar-refractivity contribution in [1.82, 2.24) is 20.1 Å². The van der Waals surface area contributed by atoms with Crippen molar-refractivity contribution in [1.29, 1.82) is 0 Å². The first-order valence-corrected chi connectivity index (χ1v) is 8.87. The third-order valence-electron chi connectivity index (χ3n) is 4.45. The van der Waals surface area contributed by atoms with E-state index in [0.717, 1.165) is 25.3 Å². The third kappa shape index (κ3) is 3.04. The molecule has 21 heavy (non-hydrogen) atoms. The second-order valence-corrected chi connectivity index (χ2v) is 6.66. The smallest absolute Gasteiger partial charge is 0.138 e. The Hall–Kier alpha value is -1.20. The minimum atomic E-state index is 0.457. The number of nitrogens with one attached hydrogen (secondary N) is 1. The van der Waals surface area contributed by atoms with Crippen molar-refractivity contribution >= 4 is 11.3 Å². The maximum Gasteiger partial charge on any atom is 0.138 e. The van der Waals surface area contributed by atoms with Gasteiger partial charge >= 0.3 is 0 Å². The lowest BCUT2D eigenvalue weighted by Crippen LogP contribution is -2.38. The molecule has 0 saturated carbocycles. The molecule has 0 amide bonds. The van der Waals surface area contributed by atoms with Gasteiger partial charge in [0.15, 0.2) is 0 Å². The van der Waals surface area contributed by atoms with Gasteiger partial charge in [0.1, 0.15) is 12.2 Å². The Bertz CT molecular complexity index is 574. The lowest BCUT2D eigenvalue weighted by atomic mass is 9.81. The molecule has 0 fully saturated rings. The number of likely N-dealkylation sites (N-methyl/N-ethyl adjacent to an activating group) is 1. The predicted molar refractivity (Wildman–Crippen MR) is 86.9 cm³/mol. The fraction of sp³-hybridized carbons (Fsp3) is 0.625. The average Bonchev–Trinajstić information content (AvgIpc) is 3.14. The van der Waals surface area contributed by atoms with Crippen molar-refractivity contribution in [2.75, 3.05) is 6.54 Å². The molecule has 1 aliphatic rings. The van der Waals surface area contributed by atoms with Gasteiger partial charge in [-0.25, -0.2) is 4.98 Å². The van der Waals surface area contributed by atoms with Crippen molar-refractivity contribution in [2.45, 2.75) is 58.0 Å². The number of rotatable bonds is 6. The Balaban J connectivity index is 1.82. The molecule has 2 aromatic rings. The van der Waals surface area contributed by atoms with E-state index >= 15 is 0 Å². The zero-order valence-electron chi connectivity index (χ0n) is 12.9. The maximum atomic E-state index is 4.46. The van der Waals surface area contributed by atoms with Crippen LogP contribution in [0.2, 0.25) is 0 Å². The van der Waals surface area contributed by atoms with Crippen LogP contribution in [0.5, 0.6) is 0 Å². The molecule has 0 saturated heterocycles. The van der Waals surface area contributed by atoms with Gasteiger partial charge in [0.05, 0.1) is 0 Å². The molecule has 2 unspecified atom stereocenters. The average molecular weight is 304 g/mol. The first-order chi connectivity index (χ1) is 10.3. The van der Waals surface area contributed by atoms with Crippen LogP contribution in [0.1, 0.15) is 48.9 Å². The third-order valence-corrected chi connectivity index (χ3v) is 5.44. The zero-order chi connectivity index (χ0) is 14.7. The van der Waals surface area contributed by atoms with Crippen LogP contribution < -0.4 is 5.32 Å². The standard InChI is InChI=1S/C16H24N4S/c1-3-17-14(10-16-18-11-19-20(16)4-2)12-6-5-7-15-13(12)8-9-21-15/h8-9,11-12,14,17H,3-7,10H2,1-2H3. The topological polar surface area (TPSA) is 42.7 Å². The summed E-state index contributed by atoms with van der Waals surface area (Å²) in [6.45, 7) is 6.20. The fourth-order valence-corrected chi connectivity index (χ4v) is 4.46. The van der Waals surface area contributed by atoms with Crippen molar-refractivity contribution in [3.05, 3.63) is 34.0 Å². The molecule has 5 heteroatoms. The normalized spacial score (nSPS) is 19.4. The molecule has 0 radical (unpaired) electrons. The first kappa shape index (κ1) is 14.7. The summed E-state index contributed by atoms with van der Waals surface area (Å²) in [6.07, 6.45) is 6.48. The lowest BCUT2D eigenvalue weighted by Gasteiger charge is -2.31. The van der Waals surface area contributed by atoms with Gasteiger partial charge in [-0.15, -0.1) is 11.3 Å². The summed E-state index contributed by atoms with van der Waals surface area (Å²) in [6, 6.07) is 2.79. The highest BCUT2D eigenvalue weighted by Gasteiger charge is 2.29. The van der Waals surface area contributed by atoms with Crippen molar-refractivity contribution < 1.29 is 0 Å². The van der Waals surface area contributed by atoms with E-state index in [4.69, 9.17) is 0 Å². The number of aryl methyl sites for hydroxylation is 2. The number of thiophene rings is 1. The van der Waals surface area contributed by atoms with Crippen molar-refractivity contribution in [3.8, 4) is 0 Å². The van der Waals surface area contributed by atoms with Gasteiger partial charge in [-0.2, -0.15) is 5.10 Å². The minimum absolute atomic E-state index is 0.457. The molecule has 0 spiro atoms. The quantitative estimate of drug-likeness (QED) is 0.892. The highest BCUT2D eigenvalue weighted by atomic mass is 32.1. The molecule has 3 rings (SSSR count). The van der Waals surface area contributed by atoms with Crippen LogP contribution in [0, 0.1) is 0 Å².